The molecule has 0 aliphatic rings. The van der Waals surface area contributed by atoms with Crippen molar-refractivity contribution >= 4 is 26.7 Å². The number of nitrogens with one attached hydrogen (secondary N) is 1. The number of benzene rings is 1. The van der Waals surface area contributed by atoms with Crippen molar-refractivity contribution in [3.63, 3.8) is 0 Å². The molecule has 18 heavy (non-hydrogen) atoms. The minimum atomic E-state index is 0.645. The molecule has 0 aliphatic heterocycles. The Morgan fingerprint density at radius 1 is 1.39 bits per heavy atom. The Morgan fingerprint density at radius 2 is 2.28 bits per heavy atom. The van der Waals surface area contributed by atoms with Crippen molar-refractivity contribution in [2.24, 2.45) is 7.05 Å². The van der Waals surface area contributed by atoms with E-state index in [0.29, 0.717) is 6.54 Å². The Kier molecular flexibility index (Phi) is 2.71. The minimum Gasteiger partial charge on any atom is -0.356 e. The summed E-state index contributed by atoms with van der Waals surface area (Å²) in [6.07, 6.45) is 1.75. The molecule has 2 aromatic heterocycles. The lowest BCUT2D eigenvalue weighted by atomic mass is 10.2. The highest BCUT2D eigenvalue weighted by Gasteiger charge is 2.04. The Bertz CT molecular complexity index is 685. The first-order valence-electron chi connectivity index (χ1n) is 5.67. The van der Waals surface area contributed by atoms with E-state index >= 15 is 0 Å². The summed E-state index contributed by atoms with van der Waals surface area (Å²) in [7, 11) is 1.81. The highest BCUT2D eigenvalue weighted by Crippen LogP contribution is 2.26. The molecule has 5 nitrogen and oxygen atoms in total. The van der Waals surface area contributed by atoms with Gasteiger partial charge in [-0.05, 0) is 24.6 Å². The molecule has 0 spiro atoms. The number of anilines is 1. The topological polar surface area (TPSA) is 55.6 Å². The van der Waals surface area contributed by atoms with Crippen LogP contribution in [0.4, 0.5) is 5.13 Å². The van der Waals surface area contributed by atoms with Crippen LogP contribution in [-0.2, 0) is 13.6 Å². The van der Waals surface area contributed by atoms with Crippen molar-refractivity contribution < 1.29 is 0 Å². The number of hydrogen-bond donors (Lipinski definition) is 1. The lowest BCUT2D eigenvalue weighted by molar-refractivity contribution is 0.646. The van der Waals surface area contributed by atoms with Gasteiger partial charge in [0, 0.05) is 7.05 Å². The molecule has 0 aliphatic carbocycles. The Hall–Kier alpha value is -1.95. The second kappa shape index (κ2) is 4.38. The SMILES string of the molecule is Cc1ccc2sc(NCc3cnn(C)n3)nc2c1. The van der Waals surface area contributed by atoms with Crippen LogP contribution >= 0.6 is 11.3 Å². The molecule has 3 rings (SSSR count). The molecule has 0 radical (unpaired) electrons. The van der Waals surface area contributed by atoms with Gasteiger partial charge in [-0.3, -0.25) is 0 Å². The summed E-state index contributed by atoms with van der Waals surface area (Å²) in [5.41, 5.74) is 3.18. The van der Waals surface area contributed by atoms with Crippen LogP contribution in [0.25, 0.3) is 10.2 Å². The van der Waals surface area contributed by atoms with Crippen molar-refractivity contribution in [3.05, 3.63) is 35.7 Å². The van der Waals surface area contributed by atoms with Crippen LogP contribution in [0.2, 0.25) is 0 Å². The van der Waals surface area contributed by atoms with E-state index in [-0.39, 0.29) is 0 Å². The zero-order valence-electron chi connectivity index (χ0n) is 10.2. The third-order valence-electron chi connectivity index (χ3n) is 2.61. The molecule has 92 valence electrons. The van der Waals surface area contributed by atoms with Crippen LogP contribution in [0.5, 0.6) is 0 Å². The second-order valence-corrected chi connectivity index (χ2v) is 5.20. The third kappa shape index (κ3) is 2.19. The van der Waals surface area contributed by atoms with E-state index in [4.69, 9.17) is 0 Å². The fourth-order valence-corrected chi connectivity index (χ4v) is 2.59. The highest BCUT2D eigenvalue weighted by molar-refractivity contribution is 7.22. The summed E-state index contributed by atoms with van der Waals surface area (Å²) in [4.78, 5) is 6.10. The van der Waals surface area contributed by atoms with Crippen molar-refractivity contribution in [2.45, 2.75) is 13.5 Å². The summed E-state index contributed by atoms with van der Waals surface area (Å²) in [6.45, 7) is 2.72. The maximum absolute atomic E-state index is 4.55. The van der Waals surface area contributed by atoms with Crippen molar-refractivity contribution in [1.82, 2.24) is 20.0 Å². The minimum absolute atomic E-state index is 0.645. The van der Waals surface area contributed by atoms with Crippen LogP contribution in [0.1, 0.15) is 11.3 Å². The smallest absolute Gasteiger partial charge is 0.184 e. The lowest BCUT2D eigenvalue weighted by Crippen LogP contribution is -2.00. The summed E-state index contributed by atoms with van der Waals surface area (Å²) >= 11 is 1.65. The van der Waals surface area contributed by atoms with Gasteiger partial charge in [0.15, 0.2) is 5.13 Å². The van der Waals surface area contributed by atoms with Crippen molar-refractivity contribution in [3.8, 4) is 0 Å². The van der Waals surface area contributed by atoms with E-state index in [1.54, 1.807) is 22.3 Å². The molecule has 1 aromatic carbocycles. The van der Waals surface area contributed by atoms with Crippen LogP contribution < -0.4 is 5.32 Å². The molecule has 0 saturated heterocycles. The zero-order valence-corrected chi connectivity index (χ0v) is 11.0. The molecule has 2 heterocycles. The van der Waals surface area contributed by atoms with Crippen LogP contribution in [0.3, 0.4) is 0 Å². The molecule has 6 heteroatoms. The van der Waals surface area contributed by atoms with Crippen LogP contribution in [0.15, 0.2) is 24.4 Å². The van der Waals surface area contributed by atoms with E-state index in [1.165, 1.54) is 10.3 Å². The summed E-state index contributed by atoms with van der Waals surface area (Å²) < 4.78 is 1.20. The highest BCUT2D eigenvalue weighted by atomic mass is 32.1. The van der Waals surface area contributed by atoms with Crippen molar-refractivity contribution in [2.75, 3.05) is 5.32 Å². The molecule has 0 unspecified atom stereocenters. The fraction of sp³-hybridized carbons (Fsp3) is 0.250. The molecular formula is C12H13N5S. The largest absolute Gasteiger partial charge is 0.356 e. The van der Waals surface area contributed by atoms with E-state index in [1.807, 2.05) is 7.05 Å². The third-order valence-corrected chi connectivity index (χ3v) is 3.60. The van der Waals surface area contributed by atoms with Crippen molar-refractivity contribution in [1.29, 1.82) is 0 Å². The van der Waals surface area contributed by atoms with Gasteiger partial charge in [-0.15, -0.1) is 0 Å². The average Bonchev–Trinajstić information content (AvgIpc) is 2.92. The van der Waals surface area contributed by atoms with Gasteiger partial charge in [0.25, 0.3) is 0 Å². The fourth-order valence-electron chi connectivity index (χ4n) is 1.75. The Balaban J connectivity index is 1.78. The van der Waals surface area contributed by atoms with E-state index in [0.717, 1.165) is 16.3 Å². The first-order chi connectivity index (χ1) is 8.70. The molecule has 1 N–H and O–H groups in total. The number of fused-ring (bicyclic) bond motifs is 1. The van der Waals surface area contributed by atoms with Gasteiger partial charge in [0.1, 0.15) is 5.69 Å². The molecular weight excluding hydrogens is 246 g/mol. The van der Waals surface area contributed by atoms with Gasteiger partial charge < -0.3 is 5.32 Å². The number of hydrogen-bond acceptors (Lipinski definition) is 5. The summed E-state index contributed by atoms with van der Waals surface area (Å²) in [5.74, 6) is 0. The van der Waals surface area contributed by atoms with Gasteiger partial charge in [-0.25, -0.2) is 4.98 Å². The Morgan fingerprint density at radius 3 is 3.06 bits per heavy atom. The normalized spacial score (nSPS) is 11.0. The monoisotopic (exact) mass is 259 g/mol. The molecule has 0 fully saturated rings. The summed E-state index contributed by atoms with van der Waals surface area (Å²) in [5, 5.41) is 12.4. The molecule has 0 bridgehead atoms. The predicted molar refractivity (Wildman–Crippen MR) is 72.7 cm³/mol. The molecule has 3 aromatic rings. The van der Waals surface area contributed by atoms with E-state index in [9.17, 15) is 0 Å². The lowest BCUT2D eigenvalue weighted by Gasteiger charge is -1.96. The maximum atomic E-state index is 4.55. The zero-order chi connectivity index (χ0) is 12.5. The summed E-state index contributed by atoms with van der Waals surface area (Å²) in [6, 6.07) is 6.31. The predicted octanol–water partition coefficient (Wildman–Crippen LogP) is 2.35. The number of nitrogens with zero attached hydrogens (tertiary/aromatic N) is 4. The second-order valence-electron chi connectivity index (χ2n) is 4.17. The Labute approximate surface area is 108 Å². The van der Waals surface area contributed by atoms with Crippen LogP contribution in [-0.4, -0.2) is 20.0 Å². The van der Waals surface area contributed by atoms with Gasteiger partial charge in [0.05, 0.1) is 23.0 Å². The quantitative estimate of drug-likeness (QED) is 0.784. The maximum Gasteiger partial charge on any atom is 0.184 e. The van der Waals surface area contributed by atoms with E-state index < -0.39 is 0 Å². The number of thiazole rings is 1. The molecule has 0 atom stereocenters. The molecule has 0 amide bonds. The van der Waals surface area contributed by atoms with Gasteiger partial charge in [-0.1, -0.05) is 17.4 Å². The van der Waals surface area contributed by atoms with Crippen LogP contribution in [0, 0.1) is 6.92 Å². The number of rotatable bonds is 3. The average molecular weight is 259 g/mol. The first kappa shape index (κ1) is 11.2. The number of aromatic nitrogens is 4. The van der Waals surface area contributed by atoms with Gasteiger partial charge >= 0.3 is 0 Å². The number of aryl methyl sites for hydroxylation is 2. The first-order valence-corrected chi connectivity index (χ1v) is 6.48. The van der Waals surface area contributed by atoms with Gasteiger partial charge in [0.2, 0.25) is 0 Å². The standard InChI is InChI=1S/C12H13N5S/c1-8-3-4-11-10(5-8)15-12(18-11)13-6-9-7-14-17(2)16-9/h3-5,7H,6H2,1-2H3,(H,13,15). The van der Waals surface area contributed by atoms with Gasteiger partial charge in [-0.2, -0.15) is 15.0 Å². The molecule has 0 saturated carbocycles. The van der Waals surface area contributed by atoms with E-state index in [2.05, 4.69) is 45.6 Å².